The molecule has 3 rings (SSSR count). The van der Waals surface area contributed by atoms with E-state index in [0.29, 0.717) is 11.8 Å². The summed E-state index contributed by atoms with van der Waals surface area (Å²) in [6, 6.07) is 4.39. The summed E-state index contributed by atoms with van der Waals surface area (Å²) in [6.07, 6.45) is 3.42. The Morgan fingerprint density at radius 2 is 1.82 bits per heavy atom. The van der Waals surface area contributed by atoms with Crippen LogP contribution in [0.4, 0.5) is 0 Å². The topological polar surface area (TPSA) is 42.2 Å². The van der Waals surface area contributed by atoms with Crippen molar-refractivity contribution in [1.29, 1.82) is 0 Å². The van der Waals surface area contributed by atoms with Crippen molar-refractivity contribution in [2.45, 2.75) is 39.2 Å². The standard InChI is InChI=1S/C14H19NO2/c1-8-3-4-9(2)15(8)13-11-6-5-10(7-11)12(13)14(16)17/h3-4,10-13H,5-7H2,1-2H3,(H,16,17). The smallest absolute Gasteiger partial charge is 0.308 e. The second-order valence-electron chi connectivity index (χ2n) is 5.67. The van der Waals surface area contributed by atoms with Gasteiger partial charge in [0.2, 0.25) is 0 Å². The lowest BCUT2D eigenvalue weighted by Crippen LogP contribution is -2.32. The Bertz CT molecular complexity index is 443. The van der Waals surface area contributed by atoms with Crippen molar-refractivity contribution in [2.24, 2.45) is 17.8 Å². The Labute approximate surface area is 101 Å². The molecular weight excluding hydrogens is 214 g/mol. The van der Waals surface area contributed by atoms with E-state index in [-0.39, 0.29) is 12.0 Å². The van der Waals surface area contributed by atoms with Crippen molar-refractivity contribution >= 4 is 5.97 Å². The number of nitrogens with zero attached hydrogens (tertiary/aromatic N) is 1. The maximum atomic E-state index is 11.5. The van der Waals surface area contributed by atoms with Crippen molar-refractivity contribution in [1.82, 2.24) is 4.57 Å². The Morgan fingerprint density at radius 1 is 1.24 bits per heavy atom. The molecule has 0 aliphatic heterocycles. The van der Waals surface area contributed by atoms with E-state index in [1.54, 1.807) is 0 Å². The normalized spacial score (nSPS) is 35.4. The molecule has 1 aromatic heterocycles. The summed E-state index contributed by atoms with van der Waals surface area (Å²) in [6.45, 7) is 4.16. The number of aromatic nitrogens is 1. The van der Waals surface area contributed by atoms with Crippen molar-refractivity contribution in [3.05, 3.63) is 23.5 Å². The number of carbonyl (C=O) groups is 1. The van der Waals surface area contributed by atoms with E-state index < -0.39 is 5.97 Å². The number of hydrogen-bond acceptors (Lipinski definition) is 1. The van der Waals surface area contributed by atoms with Crippen molar-refractivity contribution in [3.8, 4) is 0 Å². The van der Waals surface area contributed by atoms with Crippen LogP contribution in [0.2, 0.25) is 0 Å². The summed E-state index contributed by atoms with van der Waals surface area (Å²) in [5.74, 6) is 0.211. The van der Waals surface area contributed by atoms with Crippen LogP contribution in [0.5, 0.6) is 0 Å². The van der Waals surface area contributed by atoms with Crippen molar-refractivity contribution in [2.75, 3.05) is 0 Å². The van der Waals surface area contributed by atoms with E-state index in [4.69, 9.17) is 0 Å². The van der Waals surface area contributed by atoms with Crippen LogP contribution in [0.25, 0.3) is 0 Å². The summed E-state index contributed by atoms with van der Waals surface area (Å²) in [5, 5.41) is 9.47. The minimum atomic E-state index is -0.602. The fourth-order valence-corrected chi connectivity index (χ4v) is 4.13. The average Bonchev–Trinajstić information content (AvgIpc) is 2.92. The van der Waals surface area contributed by atoms with Gasteiger partial charge in [-0.1, -0.05) is 0 Å². The monoisotopic (exact) mass is 233 g/mol. The minimum absolute atomic E-state index is 0.168. The van der Waals surface area contributed by atoms with Crippen molar-refractivity contribution < 1.29 is 9.90 Å². The molecule has 3 nitrogen and oxygen atoms in total. The second-order valence-corrected chi connectivity index (χ2v) is 5.67. The highest BCUT2D eigenvalue weighted by atomic mass is 16.4. The molecule has 2 aliphatic carbocycles. The van der Waals surface area contributed by atoms with Gasteiger partial charge < -0.3 is 9.67 Å². The molecule has 2 aliphatic rings. The van der Waals surface area contributed by atoms with Gasteiger partial charge >= 0.3 is 5.97 Å². The predicted octanol–water partition coefficient (Wildman–Crippen LogP) is 2.78. The number of aryl methyl sites for hydroxylation is 2. The molecule has 1 aromatic rings. The molecule has 2 fully saturated rings. The van der Waals surface area contributed by atoms with Gasteiger partial charge in [-0.3, -0.25) is 4.79 Å². The van der Waals surface area contributed by atoms with Crippen LogP contribution in [-0.4, -0.2) is 15.6 Å². The SMILES string of the molecule is Cc1ccc(C)n1C1C2CCC(C2)C1C(=O)O. The molecule has 0 amide bonds. The molecule has 1 N–H and O–H groups in total. The van der Waals surface area contributed by atoms with Gasteiger partial charge in [-0.05, 0) is 57.1 Å². The zero-order valence-electron chi connectivity index (χ0n) is 10.4. The number of carboxylic acid groups (broad SMARTS) is 1. The molecule has 2 bridgehead atoms. The van der Waals surface area contributed by atoms with E-state index in [9.17, 15) is 9.90 Å². The predicted molar refractivity (Wildman–Crippen MR) is 64.9 cm³/mol. The molecule has 4 unspecified atom stereocenters. The third kappa shape index (κ3) is 1.44. The number of carboxylic acids is 1. The van der Waals surface area contributed by atoms with E-state index >= 15 is 0 Å². The molecular formula is C14H19NO2. The molecule has 17 heavy (non-hydrogen) atoms. The molecule has 92 valence electrons. The number of hydrogen-bond donors (Lipinski definition) is 1. The van der Waals surface area contributed by atoms with Crippen LogP contribution in [0.15, 0.2) is 12.1 Å². The van der Waals surface area contributed by atoms with Gasteiger partial charge in [-0.15, -0.1) is 0 Å². The molecule has 0 radical (unpaired) electrons. The van der Waals surface area contributed by atoms with Crippen LogP contribution in [-0.2, 0) is 4.79 Å². The molecule has 4 atom stereocenters. The number of rotatable bonds is 2. The summed E-state index contributed by atoms with van der Waals surface area (Å²) >= 11 is 0. The first-order valence-corrected chi connectivity index (χ1v) is 6.47. The van der Waals surface area contributed by atoms with Gasteiger partial charge in [0.25, 0.3) is 0 Å². The lowest BCUT2D eigenvalue weighted by atomic mass is 9.84. The molecule has 0 aromatic carbocycles. The summed E-state index contributed by atoms with van der Waals surface area (Å²) < 4.78 is 2.27. The van der Waals surface area contributed by atoms with Gasteiger partial charge in [-0.25, -0.2) is 0 Å². The van der Waals surface area contributed by atoms with Gasteiger partial charge in [0, 0.05) is 17.4 Å². The highest BCUT2D eigenvalue weighted by molar-refractivity contribution is 5.72. The second kappa shape index (κ2) is 3.62. The molecule has 0 saturated heterocycles. The first-order chi connectivity index (χ1) is 8.09. The molecule has 3 heteroatoms. The lowest BCUT2D eigenvalue weighted by Gasteiger charge is -2.31. The van der Waals surface area contributed by atoms with Crippen LogP contribution in [0.1, 0.15) is 36.7 Å². The van der Waals surface area contributed by atoms with E-state index in [1.165, 1.54) is 17.8 Å². The maximum absolute atomic E-state index is 11.5. The van der Waals surface area contributed by atoms with Crippen molar-refractivity contribution in [3.63, 3.8) is 0 Å². The van der Waals surface area contributed by atoms with Gasteiger partial charge in [0.15, 0.2) is 0 Å². The summed E-state index contributed by atoms with van der Waals surface area (Å²) in [4.78, 5) is 11.5. The molecule has 1 heterocycles. The molecule has 0 spiro atoms. The average molecular weight is 233 g/mol. The number of fused-ring (bicyclic) bond motifs is 2. The highest BCUT2D eigenvalue weighted by Crippen LogP contribution is 2.55. The third-order valence-electron chi connectivity index (χ3n) is 4.78. The van der Waals surface area contributed by atoms with E-state index in [1.807, 2.05) is 0 Å². The fourth-order valence-electron chi connectivity index (χ4n) is 4.13. The van der Waals surface area contributed by atoms with E-state index in [0.717, 1.165) is 12.8 Å². The van der Waals surface area contributed by atoms with Crippen LogP contribution in [0, 0.1) is 31.6 Å². The van der Waals surface area contributed by atoms with Gasteiger partial charge in [-0.2, -0.15) is 0 Å². The van der Waals surface area contributed by atoms with Gasteiger partial charge in [0.1, 0.15) is 0 Å². The first kappa shape index (κ1) is 10.9. The van der Waals surface area contributed by atoms with Crippen LogP contribution >= 0.6 is 0 Å². The van der Waals surface area contributed by atoms with Crippen LogP contribution < -0.4 is 0 Å². The Morgan fingerprint density at radius 3 is 2.41 bits per heavy atom. The summed E-state index contributed by atoms with van der Waals surface area (Å²) in [5.41, 5.74) is 2.40. The highest BCUT2D eigenvalue weighted by Gasteiger charge is 2.52. The first-order valence-electron chi connectivity index (χ1n) is 6.47. The fraction of sp³-hybridized carbons (Fsp3) is 0.643. The van der Waals surface area contributed by atoms with E-state index in [2.05, 4.69) is 30.5 Å². The largest absolute Gasteiger partial charge is 0.481 e. The maximum Gasteiger partial charge on any atom is 0.308 e. The van der Waals surface area contributed by atoms with Crippen LogP contribution in [0.3, 0.4) is 0 Å². The van der Waals surface area contributed by atoms with Gasteiger partial charge in [0.05, 0.1) is 5.92 Å². The molecule has 2 saturated carbocycles. The number of aliphatic carboxylic acids is 1. The lowest BCUT2D eigenvalue weighted by molar-refractivity contribution is -0.145. The minimum Gasteiger partial charge on any atom is -0.481 e. The Balaban J connectivity index is 2.04. The Kier molecular flexibility index (Phi) is 2.32. The zero-order chi connectivity index (χ0) is 12.2. The zero-order valence-corrected chi connectivity index (χ0v) is 10.4. The quantitative estimate of drug-likeness (QED) is 0.853. The Hall–Kier alpha value is -1.25. The third-order valence-corrected chi connectivity index (χ3v) is 4.78. The summed E-state index contributed by atoms with van der Waals surface area (Å²) in [7, 11) is 0.